The van der Waals surface area contributed by atoms with Crippen molar-refractivity contribution in [1.29, 1.82) is 0 Å². The van der Waals surface area contributed by atoms with Crippen LogP contribution in [0.4, 0.5) is 0 Å². The van der Waals surface area contributed by atoms with E-state index in [-0.39, 0.29) is 11.4 Å². The molecule has 6 rings (SSSR count). The molecule has 0 aliphatic rings. The summed E-state index contributed by atoms with van der Waals surface area (Å²) in [6, 6.07) is 26.9. The fourth-order valence-corrected chi connectivity index (χ4v) is 4.21. The average molecular weight is 535 g/mol. The Bertz CT molecular complexity index is 1830. The average Bonchev–Trinajstić information content (AvgIpc) is 3.62. The standard InChI is InChI=1S/2C15H13N3O2/c1-10-8-13(11-6-4-3-5-7-11)18-14(16-10)9-12(17-18)15(19)20-2;1-10-8-12(11-6-4-3-5-7-11)16-14-9-13(15(19)20-2)17-18(10)14/h2*3-9H,1-2H3. The van der Waals surface area contributed by atoms with Crippen molar-refractivity contribution >= 4 is 23.2 Å². The molecule has 2 aromatic carbocycles. The van der Waals surface area contributed by atoms with Gasteiger partial charge in [0.05, 0.1) is 25.6 Å². The molecule has 0 spiro atoms. The molecule has 0 fully saturated rings. The van der Waals surface area contributed by atoms with E-state index in [9.17, 15) is 9.59 Å². The number of esters is 2. The highest BCUT2D eigenvalue weighted by Gasteiger charge is 2.15. The summed E-state index contributed by atoms with van der Waals surface area (Å²) >= 11 is 0. The van der Waals surface area contributed by atoms with E-state index in [0.29, 0.717) is 11.3 Å². The Morgan fingerprint density at radius 2 is 1.18 bits per heavy atom. The second-order valence-electron chi connectivity index (χ2n) is 8.88. The number of carbonyl (C=O) groups is 2. The molecule has 0 aliphatic carbocycles. The molecule has 0 aliphatic heterocycles. The third-order valence-corrected chi connectivity index (χ3v) is 6.09. The van der Waals surface area contributed by atoms with Crippen LogP contribution in [-0.2, 0) is 9.47 Å². The fraction of sp³-hybridized carbons (Fsp3) is 0.133. The van der Waals surface area contributed by atoms with Crippen molar-refractivity contribution in [2.24, 2.45) is 0 Å². The lowest BCUT2D eigenvalue weighted by Gasteiger charge is -2.05. The van der Waals surface area contributed by atoms with Crippen molar-refractivity contribution in [3.05, 3.63) is 108 Å². The molecule has 40 heavy (non-hydrogen) atoms. The number of nitrogens with zero attached hydrogens (tertiary/aromatic N) is 6. The largest absolute Gasteiger partial charge is 0.464 e. The molecule has 200 valence electrons. The van der Waals surface area contributed by atoms with Gasteiger partial charge in [0, 0.05) is 34.6 Å². The number of aryl methyl sites for hydroxylation is 2. The van der Waals surface area contributed by atoms with E-state index in [1.165, 1.54) is 14.2 Å². The van der Waals surface area contributed by atoms with E-state index in [2.05, 4.69) is 24.9 Å². The van der Waals surface area contributed by atoms with E-state index in [1.807, 2.05) is 86.6 Å². The van der Waals surface area contributed by atoms with E-state index in [4.69, 9.17) is 4.74 Å². The third kappa shape index (κ3) is 5.28. The molecule has 0 saturated heterocycles. The summed E-state index contributed by atoms with van der Waals surface area (Å²) in [6.07, 6.45) is 0. The Kier molecular flexibility index (Phi) is 7.32. The zero-order chi connectivity index (χ0) is 28.2. The van der Waals surface area contributed by atoms with Gasteiger partial charge in [-0.2, -0.15) is 10.2 Å². The SMILES string of the molecule is COC(=O)c1cc2nc(-c3ccccc3)cc(C)n2n1.COC(=O)c1cc2nc(C)cc(-c3ccccc3)n2n1. The second-order valence-corrected chi connectivity index (χ2v) is 8.88. The van der Waals surface area contributed by atoms with Gasteiger partial charge in [0.2, 0.25) is 0 Å². The van der Waals surface area contributed by atoms with Crippen LogP contribution < -0.4 is 0 Å². The number of ether oxygens (including phenoxy) is 2. The van der Waals surface area contributed by atoms with E-state index in [1.54, 1.807) is 21.2 Å². The van der Waals surface area contributed by atoms with Crippen LogP contribution in [0.3, 0.4) is 0 Å². The quantitative estimate of drug-likeness (QED) is 0.291. The third-order valence-electron chi connectivity index (χ3n) is 6.09. The highest BCUT2D eigenvalue weighted by molar-refractivity contribution is 5.89. The molecule has 0 saturated carbocycles. The number of carbonyl (C=O) groups excluding carboxylic acids is 2. The summed E-state index contributed by atoms with van der Waals surface area (Å²) in [7, 11) is 2.67. The van der Waals surface area contributed by atoms with Crippen molar-refractivity contribution in [3.8, 4) is 22.5 Å². The number of benzene rings is 2. The predicted octanol–water partition coefficient (Wildman–Crippen LogP) is 4.98. The molecule has 4 heterocycles. The minimum Gasteiger partial charge on any atom is -0.464 e. The molecular weight excluding hydrogens is 508 g/mol. The van der Waals surface area contributed by atoms with Crippen molar-refractivity contribution < 1.29 is 19.1 Å². The number of hydrogen-bond donors (Lipinski definition) is 0. The number of methoxy groups -OCH3 is 2. The van der Waals surface area contributed by atoms with Gasteiger partial charge in [-0.3, -0.25) is 0 Å². The Balaban J connectivity index is 0.000000161. The van der Waals surface area contributed by atoms with Crippen LogP contribution in [0.15, 0.2) is 84.9 Å². The lowest BCUT2D eigenvalue weighted by atomic mass is 10.1. The van der Waals surface area contributed by atoms with Crippen LogP contribution in [-0.4, -0.2) is 55.4 Å². The lowest BCUT2D eigenvalue weighted by Crippen LogP contribution is -2.03. The first kappa shape index (κ1) is 26.2. The normalized spacial score (nSPS) is 10.7. The highest BCUT2D eigenvalue weighted by atomic mass is 16.5. The number of fused-ring (bicyclic) bond motifs is 2. The number of rotatable bonds is 4. The zero-order valence-electron chi connectivity index (χ0n) is 22.4. The van der Waals surface area contributed by atoms with Crippen LogP contribution in [0.25, 0.3) is 33.8 Å². The minimum absolute atomic E-state index is 0.253. The smallest absolute Gasteiger partial charge is 0.358 e. The summed E-state index contributed by atoms with van der Waals surface area (Å²) in [6.45, 7) is 3.84. The molecular formula is C30H26N6O4. The van der Waals surface area contributed by atoms with E-state index >= 15 is 0 Å². The maximum atomic E-state index is 11.6. The summed E-state index contributed by atoms with van der Waals surface area (Å²) in [5, 5.41) is 8.48. The molecule has 4 aromatic heterocycles. The Labute approximate surface area is 229 Å². The molecule has 0 radical (unpaired) electrons. The molecule has 0 N–H and O–H groups in total. The van der Waals surface area contributed by atoms with Crippen LogP contribution in [0.1, 0.15) is 32.4 Å². The first-order chi connectivity index (χ1) is 19.4. The van der Waals surface area contributed by atoms with Gasteiger partial charge >= 0.3 is 11.9 Å². The molecule has 0 atom stereocenters. The lowest BCUT2D eigenvalue weighted by molar-refractivity contribution is 0.0585. The summed E-state index contributed by atoms with van der Waals surface area (Å²) in [5.41, 5.74) is 7.33. The zero-order valence-corrected chi connectivity index (χ0v) is 22.4. The summed E-state index contributed by atoms with van der Waals surface area (Å²) < 4.78 is 12.7. The maximum Gasteiger partial charge on any atom is 0.358 e. The first-order valence-electron chi connectivity index (χ1n) is 12.4. The first-order valence-corrected chi connectivity index (χ1v) is 12.4. The second kappa shape index (κ2) is 11.2. The number of hydrogen-bond acceptors (Lipinski definition) is 8. The Morgan fingerprint density at radius 3 is 1.75 bits per heavy atom. The molecule has 0 unspecified atom stereocenters. The van der Waals surface area contributed by atoms with Crippen LogP contribution in [0.2, 0.25) is 0 Å². The maximum absolute atomic E-state index is 11.6. The van der Waals surface area contributed by atoms with Crippen LogP contribution >= 0.6 is 0 Å². The molecule has 10 nitrogen and oxygen atoms in total. The van der Waals surface area contributed by atoms with Gasteiger partial charge in [0.15, 0.2) is 22.7 Å². The molecule has 0 amide bonds. The fourth-order valence-electron chi connectivity index (χ4n) is 4.21. The van der Waals surface area contributed by atoms with Gasteiger partial charge in [-0.25, -0.2) is 28.6 Å². The molecule has 0 bridgehead atoms. The number of aromatic nitrogens is 6. The van der Waals surface area contributed by atoms with E-state index < -0.39 is 11.9 Å². The summed E-state index contributed by atoms with van der Waals surface area (Å²) in [5.74, 6) is -0.927. The molecule has 10 heteroatoms. The van der Waals surface area contributed by atoms with Gasteiger partial charge in [-0.05, 0) is 26.0 Å². The van der Waals surface area contributed by atoms with Crippen LogP contribution in [0, 0.1) is 13.8 Å². The highest BCUT2D eigenvalue weighted by Crippen LogP contribution is 2.22. The van der Waals surface area contributed by atoms with Crippen molar-refractivity contribution in [3.63, 3.8) is 0 Å². The van der Waals surface area contributed by atoms with Crippen molar-refractivity contribution in [2.75, 3.05) is 14.2 Å². The summed E-state index contributed by atoms with van der Waals surface area (Å²) in [4.78, 5) is 32.0. The van der Waals surface area contributed by atoms with Gasteiger partial charge in [-0.15, -0.1) is 0 Å². The topological polar surface area (TPSA) is 113 Å². The Hall–Kier alpha value is -5.38. The minimum atomic E-state index is -0.466. The Morgan fingerprint density at radius 1 is 0.650 bits per heavy atom. The van der Waals surface area contributed by atoms with Gasteiger partial charge in [0.1, 0.15) is 0 Å². The van der Waals surface area contributed by atoms with Crippen molar-refractivity contribution in [2.45, 2.75) is 13.8 Å². The van der Waals surface area contributed by atoms with Gasteiger partial charge in [-0.1, -0.05) is 60.7 Å². The predicted molar refractivity (Wildman–Crippen MR) is 149 cm³/mol. The molecule has 6 aromatic rings. The van der Waals surface area contributed by atoms with Crippen LogP contribution in [0.5, 0.6) is 0 Å². The van der Waals surface area contributed by atoms with Gasteiger partial charge < -0.3 is 9.47 Å². The van der Waals surface area contributed by atoms with Crippen molar-refractivity contribution in [1.82, 2.24) is 29.2 Å². The van der Waals surface area contributed by atoms with Gasteiger partial charge in [0.25, 0.3) is 0 Å². The monoisotopic (exact) mass is 534 g/mol. The van der Waals surface area contributed by atoms with E-state index in [0.717, 1.165) is 33.9 Å².